The van der Waals surface area contributed by atoms with E-state index in [0.717, 1.165) is 6.42 Å². The number of carbonyl (C=O) groups excluding carboxylic acids is 1. The summed E-state index contributed by atoms with van der Waals surface area (Å²) in [5.74, 6) is 0.176. The molecule has 25 heavy (non-hydrogen) atoms. The van der Waals surface area contributed by atoms with Gasteiger partial charge in [0.15, 0.2) is 6.61 Å². The van der Waals surface area contributed by atoms with Gasteiger partial charge in [-0.05, 0) is 37.6 Å². The highest BCUT2D eigenvalue weighted by Crippen LogP contribution is 2.15. The molecule has 0 bridgehead atoms. The summed E-state index contributed by atoms with van der Waals surface area (Å²) in [6, 6.07) is 5.86. The maximum atomic E-state index is 12.0. The van der Waals surface area contributed by atoms with Crippen LogP contribution in [0.15, 0.2) is 29.2 Å². The Bertz CT molecular complexity index is 604. The van der Waals surface area contributed by atoms with Crippen LogP contribution in [0, 0.1) is 0 Å². The van der Waals surface area contributed by atoms with Crippen molar-refractivity contribution in [3.63, 3.8) is 0 Å². The van der Waals surface area contributed by atoms with Crippen molar-refractivity contribution in [1.82, 2.24) is 10.0 Å². The molecular formula is C16H26N2O6S. The minimum atomic E-state index is -3.58. The van der Waals surface area contributed by atoms with Gasteiger partial charge in [-0.3, -0.25) is 4.79 Å². The molecular weight excluding hydrogens is 348 g/mol. The number of methoxy groups -OCH3 is 1. The van der Waals surface area contributed by atoms with Gasteiger partial charge in [0.2, 0.25) is 10.0 Å². The Morgan fingerprint density at radius 3 is 2.48 bits per heavy atom. The minimum absolute atomic E-state index is 0.122. The molecule has 0 aliphatic heterocycles. The molecule has 1 aromatic carbocycles. The van der Waals surface area contributed by atoms with Crippen molar-refractivity contribution in [2.75, 3.05) is 46.6 Å². The summed E-state index contributed by atoms with van der Waals surface area (Å²) in [5.41, 5.74) is 0. The topological polar surface area (TPSA) is 103 Å². The maximum Gasteiger partial charge on any atom is 0.257 e. The van der Waals surface area contributed by atoms with Gasteiger partial charge in [-0.2, -0.15) is 0 Å². The second-order valence-corrected chi connectivity index (χ2v) is 6.82. The molecule has 8 nitrogen and oxygen atoms in total. The van der Waals surface area contributed by atoms with Crippen LogP contribution >= 0.6 is 0 Å². The summed E-state index contributed by atoms with van der Waals surface area (Å²) in [7, 11) is -2.08. The van der Waals surface area contributed by atoms with Crippen molar-refractivity contribution in [2.24, 2.45) is 0 Å². The third-order valence-electron chi connectivity index (χ3n) is 3.09. The Hall–Kier alpha value is -1.68. The summed E-state index contributed by atoms with van der Waals surface area (Å²) in [5, 5.41) is 2.71. The smallest absolute Gasteiger partial charge is 0.257 e. The van der Waals surface area contributed by atoms with E-state index in [2.05, 4.69) is 10.0 Å². The number of carbonyl (C=O) groups is 1. The van der Waals surface area contributed by atoms with E-state index < -0.39 is 10.0 Å². The van der Waals surface area contributed by atoms with E-state index in [9.17, 15) is 13.2 Å². The van der Waals surface area contributed by atoms with Gasteiger partial charge in [0.1, 0.15) is 5.75 Å². The average Bonchev–Trinajstić information content (AvgIpc) is 2.60. The molecule has 0 saturated heterocycles. The fourth-order valence-electron chi connectivity index (χ4n) is 1.82. The second kappa shape index (κ2) is 11.8. The van der Waals surface area contributed by atoms with Gasteiger partial charge in [0.05, 0.1) is 11.5 Å². The third-order valence-corrected chi connectivity index (χ3v) is 4.57. The van der Waals surface area contributed by atoms with Crippen LogP contribution in [0.4, 0.5) is 0 Å². The molecule has 0 radical (unpaired) electrons. The van der Waals surface area contributed by atoms with Crippen LogP contribution in [0.1, 0.15) is 13.3 Å². The Kier molecular flexibility index (Phi) is 10.1. The highest BCUT2D eigenvalue weighted by atomic mass is 32.2. The largest absolute Gasteiger partial charge is 0.484 e. The Labute approximate surface area is 148 Å². The number of benzene rings is 1. The first-order chi connectivity index (χ1) is 12.0. The number of hydrogen-bond donors (Lipinski definition) is 2. The number of ether oxygens (including phenoxy) is 3. The number of nitrogens with one attached hydrogen (secondary N) is 2. The maximum absolute atomic E-state index is 12.0. The van der Waals surface area contributed by atoms with Crippen molar-refractivity contribution in [3.8, 4) is 5.75 Å². The Morgan fingerprint density at radius 2 is 1.84 bits per heavy atom. The number of sulfonamides is 1. The molecule has 0 aromatic heterocycles. The Morgan fingerprint density at radius 1 is 1.12 bits per heavy atom. The third kappa shape index (κ3) is 8.82. The highest BCUT2D eigenvalue weighted by Gasteiger charge is 2.13. The van der Waals surface area contributed by atoms with Crippen LogP contribution in [-0.2, 0) is 24.3 Å². The van der Waals surface area contributed by atoms with Gasteiger partial charge < -0.3 is 19.5 Å². The molecule has 9 heteroatoms. The van der Waals surface area contributed by atoms with Crippen LogP contribution in [0.25, 0.3) is 0 Å². The van der Waals surface area contributed by atoms with Gasteiger partial charge in [-0.25, -0.2) is 13.1 Å². The first kappa shape index (κ1) is 21.4. The van der Waals surface area contributed by atoms with Gasteiger partial charge in [-0.15, -0.1) is 0 Å². The minimum Gasteiger partial charge on any atom is -0.484 e. The lowest BCUT2D eigenvalue weighted by atomic mass is 10.3. The SMILES string of the molecule is CCOCCCNC(=O)COc1ccc(S(=O)(=O)NCCOC)cc1. The van der Waals surface area contributed by atoms with E-state index in [0.29, 0.717) is 32.1 Å². The molecule has 0 atom stereocenters. The number of hydrogen-bond acceptors (Lipinski definition) is 6. The van der Waals surface area contributed by atoms with Crippen molar-refractivity contribution in [2.45, 2.75) is 18.2 Å². The first-order valence-electron chi connectivity index (χ1n) is 8.05. The quantitative estimate of drug-likeness (QED) is 0.488. The van der Waals surface area contributed by atoms with Gasteiger partial charge in [0, 0.05) is 33.4 Å². The lowest BCUT2D eigenvalue weighted by molar-refractivity contribution is -0.123. The summed E-state index contributed by atoms with van der Waals surface area (Å²) in [4.78, 5) is 11.7. The highest BCUT2D eigenvalue weighted by molar-refractivity contribution is 7.89. The summed E-state index contributed by atoms with van der Waals surface area (Å²) in [6.45, 7) is 4.05. The van der Waals surface area contributed by atoms with Crippen LogP contribution in [0.5, 0.6) is 5.75 Å². The van der Waals surface area contributed by atoms with Gasteiger partial charge >= 0.3 is 0 Å². The van der Waals surface area contributed by atoms with E-state index in [1.165, 1.54) is 31.4 Å². The molecule has 0 unspecified atom stereocenters. The molecule has 142 valence electrons. The molecule has 1 aromatic rings. The fourth-order valence-corrected chi connectivity index (χ4v) is 2.84. The normalized spacial score (nSPS) is 11.3. The van der Waals surface area contributed by atoms with E-state index in [1.807, 2.05) is 6.92 Å². The summed E-state index contributed by atoms with van der Waals surface area (Å²) < 4.78 is 41.7. The molecule has 2 N–H and O–H groups in total. The number of amides is 1. The lowest BCUT2D eigenvalue weighted by Crippen LogP contribution is -2.30. The van der Waals surface area contributed by atoms with Crippen molar-refractivity contribution >= 4 is 15.9 Å². The van der Waals surface area contributed by atoms with Crippen LogP contribution in [0.2, 0.25) is 0 Å². The van der Waals surface area contributed by atoms with E-state index in [-0.39, 0.29) is 24.0 Å². The Balaban J connectivity index is 2.37. The molecule has 0 spiro atoms. The molecule has 1 amide bonds. The number of rotatable bonds is 13. The van der Waals surface area contributed by atoms with Crippen molar-refractivity contribution in [3.05, 3.63) is 24.3 Å². The lowest BCUT2D eigenvalue weighted by Gasteiger charge is -2.09. The molecule has 1 rings (SSSR count). The summed E-state index contributed by atoms with van der Waals surface area (Å²) >= 11 is 0. The van der Waals surface area contributed by atoms with Crippen LogP contribution < -0.4 is 14.8 Å². The molecule has 0 fully saturated rings. The van der Waals surface area contributed by atoms with Crippen molar-refractivity contribution in [1.29, 1.82) is 0 Å². The average molecular weight is 374 g/mol. The zero-order valence-corrected chi connectivity index (χ0v) is 15.4. The predicted octanol–water partition coefficient (Wildman–Crippen LogP) is 0.533. The molecule has 0 aliphatic rings. The zero-order valence-electron chi connectivity index (χ0n) is 14.6. The van der Waals surface area contributed by atoms with Crippen molar-refractivity contribution < 1.29 is 27.4 Å². The molecule has 0 heterocycles. The van der Waals surface area contributed by atoms with Crippen LogP contribution in [-0.4, -0.2) is 61.0 Å². The molecule has 0 saturated carbocycles. The standard InChI is InChI=1S/C16H26N2O6S/c1-3-23-11-4-9-17-16(19)13-24-14-5-7-15(8-6-14)25(20,21)18-10-12-22-2/h5-8,18H,3-4,9-13H2,1-2H3,(H,17,19). The van der Waals surface area contributed by atoms with Gasteiger partial charge in [-0.1, -0.05) is 0 Å². The van der Waals surface area contributed by atoms with Gasteiger partial charge in [0.25, 0.3) is 5.91 Å². The van der Waals surface area contributed by atoms with E-state index in [1.54, 1.807) is 0 Å². The fraction of sp³-hybridized carbons (Fsp3) is 0.562. The van der Waals surface area contributed by atoms with E-state index in [4.69, 9.17) is 14.2 Å². The zero-order chi connectivity index (χ0) is 18.5. The monoisotopic (exact) mass is 374 g/mol. The summed E-state index contributed by atoms with van der Waals surface area (Å²) in [6.07, 6.45) is 0.738. The molecule has 0 aliphatic carbocycles. The van der Waals surface area contributed by atoms with E-state index >= 15 is 0 Å². The second-order valence-electron chi connectivity index (χ2n) is 5.05. The predicted molar refractivity (Wildman–Crippen MR) is 93.1 cm³/mol. The first-order valence-corrected chi connectivity index (χ1v) is 9.54. The van der Waals surface area contributed by atoms with Crippen LogP contribution in [0.3, 0.4) is 0 Å².